The Morgan fingerprint density at radius 3 is 2.61 bits per heavy atom. The fourth-order valence-electron chi connectivity index (χ4n) is 2.13. The van der Waals surface area contributed by atoms with Crippen LogP contribution in [0, 0.1) is 5.82 Å². The zero-order valence-corrected chi connectivity index (χ0v) is 14.0. The summed E-state index contributed by atoms with van der Waals surface area (Å²) in [5, 5.41) is 8.58. The van der Waals surface area contributed by atoms with Gasteiger partial charge in [-0.05, 0) is 36.6 Å². The van der Waals surface area contributed by atoms with Crippen LogP contribution in [0.4, 0.5) is 4.39 Å². The van der Waals surface area contributed by atoms with Crippen LogP contribution < -0.4 is 0 Å². The molecule has 2 rings (SSSR count). The molecule has 1 amide bonds. The van der Waals surface area contributed by atoms with Gasteiger partial charge in [-0.25, -0.2) is 4.39 Å². The molecule has 122 valence electrons. The first-order chi connectivity index (χ1) is 11.0. The van der Waals surface area contributed by atoms with Crippen molar-refractivity contribution >= 4 is 46.3 Å². The number of carbonyl (C=O) groups is 2. The van der Waals surface area contributed by atoms with Crippen LogP contribution in [0.15, 0.2) is 29.2 Å². The molecule has 1 fully saturated rings. The Balaban J connectivity index is 1.91. The summed E-state index contributed by atoms with van der Waals surface area (Å²) >= 11 is 6.45. The summed E-state index contributed by atoms with van der Waals surface area (Å²) < 4.78 is 13.4. The second-order valence-electron chi connectivity index (χ2n) is 5.09. The van der Waals surface area contributed by atoms with E-state index in [2.05, 4.69) is 0 Å². The van der Waals surface area contributed by atoms with Crippen molar-refractivity contribution in [3.63, 3.8) is 0 Å². The summed E-state index contributed by atoms with van der Waals surface area (Å²) in [5.74, 6) is -1.28. The molecule has 0 aromatic heterocycles. The van der Waals surface area contributed by atoms with Crippen LogP contribution in [-0.4, -0.2) is 32.7 Å². The first-order valence-corrected chi connectivity index (χ1v) is 8.42. The van der Waals surface area contributed by atoms with Gasteiger partial charge < -0.3 is 5.11 Å². The Morgan fingerprint density at radius 2 is 1.96 bits per heavy atom. The normalized spacial score (nSPS) is 16.4. The van der Waals surface area contributed by atoms with Gasteiger partial charge >= 0.3 is 5.97 Å². The third kappa shape index (κ3) is 5.14. The van der Waals surface area contributed by atoms with Gasteiger partial charge in [-0.1, -0.05) is 42.5 Å². The molecule has 0 bridgehead atoms. The third-order valence-corrected chi connectivity index (χ3v) is 4.69. The molecular weight excluding hydrogens is 337 g/mol. The molecule has 1 aliphatic rings. The smallest absolute Gasteiger partial charge is 0.303 e. The number of hydrogen-bond acceptors (Lipinski definition) is 4. The van der Waals surface area contributed by atoms with E-state index in [1.54, 1.807) is 18.2 Å². The summed E-state index contributed by atoms with van der Waals surface area (Å²) in [6.45, 7) is 0.491. The highest BCUT2D eigenvalue weighted by atomic mass is 32.2. The Morgan fingerprint density at radius 1 is 1.26 bits per heavy atom. The van der Waals surface area contributed by atoms with E-state index in [0.29, 0.717) is 28.6 Å². The van der Waals surface area contributed by atoms with Crippen LogP contribution in [0.1, 0.15) is 31.2 Å². The van der Waals surface area contributed by atoms with E-state index >= 15 is 0 Å². The predicted octanol–water partition coefficient (Wildman–Crippen LogP) is 3.67. The second kappa shape index (κ2) is 8.21. The number of benzene rings is 1. The van der Waals surface area contributed by atoms with Crippen LogP contribution in [0.2, 0.25) is 0 Å². The minimum absolute atomic E-state index is 0.142. The number of nitrogens with zero attached hydrogens (tertiary/aromatic N) is 1. The van der Waals surface area contributed by atoms with Crippen LogP contribution in [0.25, 0.3) is 6.08 Å². The maximum Gasteiger partial charge on any atom is 0.303 e. The van der Waals surface area contributed by atoms with Crippen molar-refractivity contribution in [1.82, 2.24) is 4.90 Å². The quantitative estimate of drug-likeness (QED) is 0.460. The van der Waals surface area contributed by atoms with Crippen molar-refractivity contribution in [3.05, 3.63) is 40.6 Å². The minimum Gasteiger partial charge on any atom is -0.481 e. The molecule has 23 heavy (non-hydrogen) atoms. The van der Waals surface area contributed by atoms with E-state index < -0.39 is 5.97 Å². The summed E-state index contributed by atoms with van der Waals surface area (Å²) in [7, 11) is 0. The summed E-state index contributed by atoms with van der Waals surface area (Å²) in [5.41, 5.74) is 0.744. The third-order valence-electron chi connectivity index (χ3n) is 3.31. The summed E-state index contributed by atoms with van der Waals surface area (Å²) in [4.78, 5) is 24.8. The Hall–Kier alpha value is -1.73. The monoisotopic (exact) mass is 353 g/mol. The summed E-state index contributed by atoms with van der Waals surface area (Å²) in [6.07, 6.45) is 3.88. The first-order valence-electron chi connectivity index (χ1n) is 7.20. The zero-order chi connectivity index (χ0) is 16.8. The van der Waals surface area contributed by atoms with Crippen molar-refractivity contribution in [2.75, 3.05) is 6.54 Å². The lowest BCUT2D eigenvalue weighted by atomic mass is 10.2. The number of carbonyl (C=O) groups excluding carboxylic acids is 1. The number of amides is 1. The number of halogens is 1. The maximum absolute atomic E-state index is 12.9. The highest BCUT2D eigenvalue weighted by molar-refractivity contribution is 8.26. The van der Waals surface area contributed by atoms with Gasteiger partial charge in [0, 0.05) is 13.0 Å². The van der Waals surface area contributed by atoms with Crippen LogP contribution >= 0.6 is 24.0 Å². The van der Waals surface area contributed by atoms with E-state index in [4.69, 9.17) is 17.3 Å². The van der Waals surface area contributed by atoms with Crippen LogP contribution in [0.5, 0.6) is 0 Å². The molecule has 4 nitrogen and oxygen atoms in total. The van der Waals surface area contributed by atoms with Crippen molar-refractivity contribution in [3.8, 4) is 0 Å². The molecule has 0 aliphatic carbocycles. The number of unbranched alkanes of at least 4 members (excludes halogenated alkanes) is 2. The number of carboxylic acid groups (broad SMARTS) is 1. The molecule has 0 radical (unpaired) electrons. The Bertz CT molecular complexity index is 643. The first kappa shape index (κ1) is 17.6. The average Bonchev–Trinajstić information content (AvgIpc) is 2.76. The van der Waals surface area contributed by atoms with Gasteiger partial charge in [0.15, 0.2) is 0 Å². The highest BCUT2D eigenvalue weighted by Gasteiger charge is 2.31. The van der Waals surface area contributed by atoms with Crippen molar-refractivity contribution in [2.45, 2.75) is 25.7 Å². The SMILES string of the molecule is O=C(O)CCCCCN1C(=O)/C(=C\c2ccc(F)cc2)SC1=S. The number of hydrogen-bond donors (Lipinski definition) is 1. The standard InChI is InChI=1S/C16H16FNO3S2/c17-12-7-5-11(6-8-12)10-13-15(21)18(16(22)23-13)9-3-1-2-4-14(19)20/h5-8,10H,1-4,9H2,(H,19,20)/b13-10+. The highest BCUT2D eigenvalue weighted by Crippen LogP contribution is 2.32. The Labute approximate surface area is 143 Å². The van der Waals surface area contributed by atoms with Gasteiger partial charge in [0.2, 0.25) is 0 Å². The molecule has 0 unspecified atom stereocenters. The van der Waals surface area contributed by atoms with Gasteiger partial charge in [0.1, 0.15) is 10.1 Å². The lowest BCUT2D eigenvalue weighted by molar-refractivity contribution is -0.137. The zero-order valence-electron chi connectivity index (χ0n) is 12.3. The van der Waals surface area contributed by atoms with Gasteiger partial charge in [0.05, 0.1) is 4.91 Å². The second-order valence-corrected chi connectivity index (χ2v) is 6.77. The largest absolute Gasteiger partial charge is 0.481 e. The van der Waals surface area contributed by atoms with Crippen molar-refractivity contribution < 1.29 is 19.1 Å². The van der Waals surface area contributed by atoms with E-state index in [0.717, 1.165) is 12.0 Å². The molecule has 1 N–H and O–H groups in total. The maximum atomic E-state index is 12.9. The molecule has 7 heteroatoms. The fraction of sp³-hybridized carbons (Fsp3) is 0.312. The predicted molar refractivity (Wildman–Crippen MR) is 92.4 cm³/mol. The van der Waals surface area contributed by atoms with Crippen LogP contribution in [-0.2, 0) is 9.59 Å². The molecular formula is C16H16FNO3S2. The van der Waals surface area contributed by atoms with Gasteiger partial charge in [0.25, 0.3) is 5.91 Å². The van der Waals surface area contributed by atoms with E-state index in [1.807, 2.05) is 0 Å². The number of thiocarbonyl (C=S) groups is 1. The molecule has 1 saturated heterocycles. The molecule has 1 heterocycles. The van der Waals surface area contributed by atoms with E-state index in [9.17, 15) is 14.0 Å². The number of rotatable bonds is 7. The Kier molecular flexibility index (Phi) is 6.29. The lowest BCUT2D eigenvalue weighted by Gasteiger charge is -2.13. The van der Waals surface area contributed by atoms with Gasteiger partial charge in [-0.2, -0.15) is 0 Å². The van der Waals surface area contributed by atoms with Gasteiger partial charge in [-0.15, -0.1) is 0 Å². The fourth-order valence-corrected chi connectivity index (χ4v) is 3.43. The molecule has 0 saturated carbocycles. The lowest BCUT2D eigenvalue weighted by Crippen LogP contribution is -2.29. The number of carboxylic acids is 1. The van der Waals surface area contributed by atoms with Crippen molar-refractivity contribution in [1.29, 1.82) is 0 Å². The number of thioether (sulfide) groups is 1. The van der Waals surface area contributed by atoms with E-state index in [-0.39, 0.29) is 18.1 Å². The average molecular weight is 353 g/mol. The molecule has 1 aromatic carbocycles. The summed E-state index contributed by atoms with van der Waals surface area (Å²) in [6, 6.07) is 5.89. The van der Waals surface area contributed by atoms with Crippen molar-refractivity contribution in [2.24, 2.45) is 0 Å². The minimum atomic E-state index is -0.808. The van der Waals surface area contributed by atoms with Gasteiger partial charge in [-0.3, -0.25) is 14.5 Å². The molecule has 1 aromatic rings. The van der Waals surface area contributed by atoms with Crippen LogP contribution in [0.3, 0.4) is 0 Å². The van der Waals surface area contributed by atoms with E-state index in [1.165, 1.54) is 28.8 Å². The topological polar surface area (TPSA) is 57.6 Å². The number of aliphatic carboxylic acids is 1. The molecule has 0 spiro atoms. The molecule has 1 aliphatic heterocycles. The molecule has 0 atom stereocenters.